The van der Waals surface area contributed by atoms with E-state index in [1.54, 1.807) is 13.0 Å². The topological polar surface area (TPSA) is 89.7 Å². The van der Waals surface area contributed by atoms with Gasteiger partial charge in [0, 0.05) is 12.5 Å². The highest BCUT2D eigenvalue weighted by Gasteiger charge is 2.20. The minimum atomic E-state index is -0.924. The first kappa shape index (κ1) is 14.4. The van der Waals surface area contributed by atoms with E-state index in [9.17, 15) is 14.9 Å². The molecule has 0 radical (unpaired) electrons. The van der Waals surface area contributed by atoms with Crippen molar-refractivity contribution in [2.75, 3.05) is 0 Å². The molecule has 1 aromatic rings. The van der Waals surface area contributed by atoms with Gasteiger partial charge in [-0.15, -0.1) is 0 Å². The summed E-state index contributed by atoms with van der Waals surface area (Å²) >= 11 is 3.18. The number of halogens is 1. The summed E-state index contributed by atoms with van der Waals surface area (Å²) in [4.78, 5) is 20.7. The zero-order valence-electron chi connectivity index (χ0n) is 9.63. The van der Waals surface area contributed by atoms with E-state index in [2.05, 4.69) is 15.9 Å². The number of nitro groups is 1. The van der Waals surface area contributed by atoms with Gasteiger partial charge in [-0.25, -0.2) is 0 Å². The number of carbonyl (C=O) groups is 1. The van der Waals surface area contributed by atoms with Crippen molar-refractivity contribution in [1.82, 2.24) is 0 Å². The summed E-state index contributed by atoms with van der Waals surface area (Å²) in [6.45, 7) is 1.67. The zero-order chi connectivity index (χ0) is 13.7. The fourth-order valence-corrected chi connectivity index (χ4v) is 1.79. The molecule has 1 aromatic carbocycles. The number of hydrogen-bond donors (Lipinski definition) is 1. The lowest BCUT2D eigenvalue weighted by atomic mass is 10.2. The molecule has 0 bridgehead atoms. The summed E-state index contributed by atoms with van der Waals surface area (Å²) in [6, 6.07) is 4.51. The SMILES string of the molecule is CC(CCC(=O)O)Oc1c(Br)cccc1[N+](=O)[O-]. The van der Waals surface area contributed by atoms with Gasteiger partial charge in [-0.1, -0.05) is 6.07 Å². The van der Waals surface area contributed by atoms with E-state index in [0.717, 1.165) is 0 Å². The van der Waals surface area contributed by atoms with Crippen LogP contribution >= 0.6 is 15.9 Å². The number of hydrogen-bond acceptors (Lipinski definition) is 4. The number of carboxylic acid groups (broad SMARTS) is 1. The molecule has 1 rings (SSSR count). The van der Waals surface area contributed by atoms with Crippen LogP contribution in [-0.2, 0) is 4.79 Å². The number of nitro benzene ring substituents is 1. The molecule has 1 N–H and O–H groups in total. The minimum Gasteiger partial charge on any atom is -0.483 e. The van der Waals surface area contributed by atoms with Crippen LogP contribution in [0.1, 0.15) is 19.8 Å². The van der Waals surface area contributed by atoms with E-state index in [0.29, 0.717) is 4.47 Å². The second-order valence-corrected chi connectivity index (χ2v) is 4.56. The number of para-hydroxylation sites is 1. The summed E-state index contributed by atoms with van der Waals surface area (Å²) < 4.78 is 5.91. The average Bonchev–Trinajstić information content (AvgIpc) is 2.28. The molecule has 0 saturated heterocycles. The van der Waals surface area contributed by atoms with Gasteiger partial charge in [0.05, 0.1) is 15.5 Å². The van der Waals surface area contributed by atoms with Crippen LogP contribution in [0.25, 0.3) is 0 Å². The number of carboxylic acids is 1. The van der Waals surface area contributed by atoms with Gasteiger partial charge in [-0.05, 0) is 35.3 Å². The molecule has 1 unspecified atom stereocenters. The lowest BCUT2D eigenvalue weighted by Crippen LogP contribution is -2.14. The van der Waals surface area contributed by atoms with Gasteiger partial charge in [0.1, 0.15) is 0 Å². The number of rotatable bonds is 6. The van der Waals surface area contributed by atoms with Gasteiger partial charge in [-0.2, -0.15) is 0 Å². The monoisotopic (exact) mass is 317 g/mol. The highest BCUT2D eigenvalue weighted by Crippen LogP contribution is 2.35. The van der Waals surface area contributed by atoms with Crippen molar-refractivity contribution < 1.29 is 19.6 Å². The Morgan fingerprint density at radius 2 is 2.28 bits per heavy atom. The van der Waals surface area contributed by atoms with Crippen LogP contribution < -0.4 is 4.74 Å². The largest absolute Gasteiger partial charge is 0.483 e. The van der Waals surface area contributed by atoms with Crippen molar-refractivity contribution in [2.45, 2.75) is 25.9 Å². The average molecular weight is 318 g/mol. The third kappa shape index (κ3) is 3.99. The zero-order valence-corrected chi connectivity index (χ0v) is 11.2. The lowest BCUT2D eigenvalue weighted by molar-refractivity contribution is -0.386. The molecule has 0 fully saturated rings. The van der Waals surface area contributed by atoms with Crippen molar-refractivity contribution in [2.24, 2.45) is 0 Å². The summed E-state index contributed by atoms with van der Waals surface area (Å²) in [5.41, 5.74) is -0.147. The molecule has 0 aliphatic heterocycles. The molecular weight excluding hydrogens is 306 g/mol. The predicted molar refractivity (Wildman–Crippen MR) is 67.8 cm³/mol. The molecule has 7 heteroatoms. The molecule has 98 valence electrons. The molecule has 0 heterocycles. The third-order valence-corrected chi connectivity index (χ3v) is 2.85. The fraction of sp³-hybridized carbons (Fsp3) is 0.364. The second kappa shape index (κ2) is 6.34. The van der Waals surface area contributed by atoms with E-state index in [1.165, 1.54) is 12.1 Å². The Morgan fingerprint density at radius 1 is 1.61 bits per heavy atom. The Balaban J connectivity index is 2.83. The lowest BCUT2D eigenvalue weighted by Gasteiger charge is -2.14. The Kier molecular flexibility index (Phi) is 5.08. The highest BCUT2D eigenvalue weighted by molar-refractivity contribution is 9.10. The fourth-order valence-electron chi connectivity index (χ4n) is 1.34. The van der Waals surface area contributed by atoms with Crippen LogP contribution in [0.3, 0.4) is 0 Å². The van der Waals surface area contributed by atoms with Crippen molar-refractivity contribution in [1.29, 1.82) is 0 Å². The molecule has 0 aromatic heterocycles. The Morgan fingerprint density at radius 3 is 2.83 bits per heavy atom. The van der Waals surface area contributed by atoms with E-state index in [4.69, 9.17) is 9.84 Å². The first-order chi connectivity index (χ1) is 8.41. The Hall–Kier alpha value is -1.63. The van der Waals surface area contributed by atoms with E-state index < -0.39 is 17.0 Å². The summed E-state index contributed by atoms with van der Waals surface area (Å²) in [5, 5.41) is 19.4. The van der Waals surface area contributed by atoms with Gasteiger partial charge in [0.2, 0.25) is 5.75 Å². The Bertz CT molecular complexity index is 463. The standard InChI is InChI=1S/C11H12BrNO5/c1-7(5-6-10(14)15)18-11-8(12)3-2-4-9(11)13(16)17/h2-4,7H,5-6H2,1H3,(H,14,15). The summed E-state index contributed by atoms with van der Waals surface area (Å²) in [6.07, 6.45) is -0.175. The number of aliphatic carboxylic acids is 1. The van der Waals surface area contributed by atoms with Crippen LogP contribution in [0.4, 0.5) is 5.69 Å². The van der Waals surface area contributed by atoms with Gasteiger partial charge in [-0.3, -0.25) is 14.9 Å². The maximum atomic E-state index is 10.8. The Labute approximate surface area is 112 Å². The molecule has 6 nitrogen and oxygen atoms in total. The van der Waals surface area contributed by atoms with Crippen LogP contribution in [0.5, 0.6) is 5.75 Å². The maximum absolute atomic E-state index is 10.8. The minimum absolute atomic E-state index is 0.0422. The molecule has 0 saturated carbocycles. The van der Waals surface area contributed by atoms with Crippen molar-refractivity contribution in [3.05, 3.63) is 32.8 Å². The second-order valence-electron chi connectivity index (χ2n) is 3.71. The molecule has 0 aliphatic carbocycles. The number of ether oxygens (including phenoxy) is 1. The molecular formula is C11H12BrNO5. The first-order valence-corrected chi connectivity index (χ1v) is 6.02. The van der Waals surface area contributed by atoms with Gasteiger partial charge < -0.3 is 9.84 Å². The molecule has 18 heavy (non-hydrogen) atoms. The number of benzene rings is 1. The van der Waals surface area contributed by atoms with Gasteiger partial charge >= 0.3 is 11.7 Å². The van der Waals surface area contributed by atoms with Crippen LogP contribution in [0, 0.1) is 10.1 Å². The van der Waals surface area contributed by atoms with Gasteiger partial charge in [0.15, 0.2) is 0 Å². The molecule has 1 atom stereocenters. The summed E-state index contributed by atoms with van der Waals surface area (Å²) in [5.74, 6) is -0.799. The summed E-state index contributed by atoms with van der Waals surface area (Å²) in [7, 11) is 0. The maximum Gasteiger partial charge on any atom is 0.312 e. The van der Waals surface area contributed by atoms with Crippen LogP contribution in [0.2, 0.25) is 0 Å². The molecule has 0 amide bonds. The number of nitrogens with zero attached hydrogens (tertiary/aromatic N) is 1. The molecule has 0 aliphatic rings. The molecule has 0 spiro atoms. The first-order valence-electron chi connectivity index (χ1n) is 5.23. The quantitative estimate of drug-likeness (QED) is 0.643. The van der Waals surface area contributed by atoms with E-state index in [-0.39, 0.29) is 24.3 Å². The normalized spacial score (nSPS) is 11.9. The predicted octanol–water partition coefficient (Wildman–Crippen LogP) is 2.99. The van der Waals surface area contributed by atoms with Crippen LogP contribution in [0.15, 0.2) is 22.7 Å². The van der Waals surface area contributed by atoms with Gasteiger partial charge in [0.25, 0.3) is 0 Å². The van der Waals surface area contributed by atoms with Crippen molar-refractivity contribution in [3.63, 3.8) is 0 Å². The van der Waals surface area contributed by atoms with Crippen molar-refractivity contribution >= 4 is 27.6 Å². The van der Waals surface area contributed by atoms with Crippen molar-refractivity contribution in [3.8, 4) is 5.75 Å². The third-order valence-electron chi connectivity index (χ3n) is 2.23. The highest BCUT2D eigenvalue weighted by atomic mass is 79.9. The van der Waals surface area contributed by atoms with E-state index in [1.807, 2.05) is 0 Å². The van der Waals surface area contributed by atoms with Crippen LogP contribution in [-0.4, -0.2) is 22.1 Å². The van der Waals surface area contributed by atoms with E-state index >= 15 is 0 Å². The smallest absolute Gasteiger partial charge is 0.312 e.